The van der Waals surface area contributed by atoms with Gasteiger partial charge in [-0.15, -0.1) is 0 Å². The molecule has 0 radical (unpaired) electrons. The molecule has 0 aromatic carbocycles. The van der Waals surface area contributed by atoms with E-state index in [9.17, 15) is 13.2 Å². The summed E-state index contributed by atoms with van der Waals surface area (Å²) in [6, 6.07) is 1.92. The predicted molar refractivity (Wildman–Crippen MR) is 111 cm³/mol. The predicted octanol–water partition coefficient (Wildman–Crippen LogP) is 1.82. The molecule has 3 N–H and O–H groups in total. The normalized spacial score (nSPS) is 22.2. The lowest BCUT2D eigenvalue weighted by molar-refractivity contribution is -0.114. The summed E-state index contributed by atoms with van der Waals surface area (Å²) in [4.78, 5) is 12.0. The number of nitrogens with one attached hydrogen (secondary N) is 1. The Kier molecular flexibility index (Phi) is 6.93. The first kappa shape index (κ1) is 21.7. The molecule has 0 bridgehead atoms. The summed E-state index contributed by atoms with van der Waals surface area (Å²) >= 11 is 3.45. The molecule has 9 heteroatoms. The lowest BCUT2D eigenvalue weighted by atomic mass is 9.90. The Hall–Kier alpha value is -1.58. The summed E-state index contributed by atoms with van der Waals surface area (Å²) in [5.41, 5.74) is 7.30. The van der Waals surface area contributed by atoms with Crippen molar-refractivity contribution in [2.75, 3.05) is 19.3 Å². The average Bonchev–Trinajstić information content (AvgIpc) is 2.91. The number of primary amides is 1. The van der Waals surface area contributed by atoms with Crippen LogP contribution in [0.2, 0.25) is 0 Å². The molecule has 2 atom stereocenters. The highest BCUT2D eigenvalue weighted by Crippen LogP contribution is 2.28. The molecule has 1 aliphatic rings. The van der Waals surface area contributed by atoms with E-state index < -0.39 is 15.9 Å². The zero-order valence-electron chi connectivity index (χ0n) is 15.9. The van der Waals surface area contributed by atoms with Crippen molar-refractivity contribution in [3.05, 3.63) is 40.7 Å². The van der Waals surface area contributed by atoms with Crippen LogP contribution < -0.4 is 11.1 Å². The standard InChI is InChI=1S/C18H27BrN4O3S/c1-5-12-10-23(27(4,25)26)8-7-15(12)21-17(14(6-2)18(20)24)16-9-13(19)11-22(16)3/h6,9,11-12,15,21H,2,5,7-8,10H2,1,3-4H3,(H2,20,24)/b17-14-/t12-,15-/m1/s1. The van der Waals surface area contributed by atoms with Gasteiger partial charge < -0.3 is 15.6 Å². The van der Waals surface area contributed by atoms with Crippen molar-refractivity contribution in [1.29, 1.82) is 0 Å². The number of carbonyl (C=O) groups is 1. The summed E-state index contributed by atoms with van der Waals surface area (Å²) in [6.45, 7) is 6.67. The van der Waals surface area contributed by atoms with Gasteiger partial charge in [-0.3, -0.25) is 4.79 Å². The van der Waals surface area contributed by atoms with Gasteiger partial charge in [0.25, 0.3) is 5.91 Å². The van der Waals surface area contributed by atoms with Crippen molar-refractivity contribution >= 4 is 37.6 Å². The second-order valence-corrected chi connectivity index (χ2v) is 9.74. The van der Waals surface area contributed by atoms with Gasteiger partial charge in [0.05, 0.1) is 23.2 Å². The Morgan fingerprint density at radius 2 is 2.19 bits per heavy atom. The van der Waals surface area contributed by atoms with E-state index in [1.807, 2.05) is 30.8 Å². The van der Waals surface area contributed by atoms with Gasteiger partial charge in [-0.25, -0.2) is 12.7 Å². The number of nitrogens with two attached hydrogens (primary N) is 1. The fraction of sp³-hybridized carbons (Fsp3) is 0.500. The molecular formula is C18H27BrN4O3S. The van der Waals surface area contributed by atoms with Crippen LogP contribution in [0.3, 0.4) is 0 Å². The van der Waals surface area contributed by atoms with Crippen LogP contribution in [0.1, 0.15) is 25.5 Å². The minimum Gasteiger partial charge on any atom is -0.380 e. The maximum Gasteiger partial charge on any atom is 0.250 e. The molecule has 1 aliphatic heterocycles. The number of piperidine rings is 1. The second kappa shape index (κ2) is 8.62. The Balaban J connectivity index is 2.40. The first-order chi connectivity index (χ1) is 12.6. The van der Waals surface area contributed by atoms with Gasteiger partial charge in [-0.05, 0) is 34.3 Å². The molecule has 2 heterocycles. The Morgan fingerprint density at radius 1 is 1.52 bits per heavy atom. The number of aryl methyl sites for hydroxylation is 1. The summed E-state index contributed by atoms with van der Waals surface area (Å²) in [5.74, 6) is -0.447. The molecule has 27 heavy (non-hydrogen) atoms. The van der Waals surface area contributed by atoms with Gasteiger partial charge in [-0.1, -0.05) is 26.0 Å². The van der Waals surface area contributed by atoms with Crippen LogP contribution in [-0.4, -0.2) is 48.6 Å². The van der Waals surface area contributed by atoms with Crippen LogP contribution in [0.4, 0.5) is 0 Å². The fourth-order valence-corrected chi connectivity index (χ4v) is 4.90. The molecule has 1 amide bonds. The topological polar surface area (TPSA) is 97.4 Å². The van der Waals surface area contributed by atoms with E-state index in [1.165, 1.54) is 16.6 Å². The van der Waals surface area contributed by atoms with Crippen LogP contribution in [-0.2, 0) is 21.9 Å². The van der Waals surface area contributed by atoms with Crippen LogP contribution in [0.25, 0.3) is 5.70 Å². The van der Waals surface area contributed by atoms with Crippen molar-refractivity contribution in [3.63, 3.8) is 0 Å². The molecule has 1 aromatic heterocycles. The first-order valence-corrected chi connectivity index (χ1v) is 11.4. The highest BCUT2D eigenvalue weighted by Gasteiger charge is 2.33. The molecule has 7 nitrogen and oxygen atoms in total. The summed E-state index contributed by atoms with van der Waals surface area (Å²) in [5, 5.41) is 3.48. The molecule has 0 aliphatic carbocycles. The Morgan fingerprint density at radius 3 is 2.63 bits per heavy atom. The van der Waals surface area contributed by atoms with E-state index in [4.69, 9.17) is 5.73 Å². The molecule has 1 fully saturated rings. The van der Waals surface area contributed by atoms with Gasteiger partial charge in [0.15, 0.2) is 0 Å². The molecule has 1 aromatic rings. The van der Waals surface area contributed by atoms with Gasteiger partial charge >= 0.3 is 0 Å². The zero-order valence-corrected chi connectivity index (χ0v) is 18.3. The molecule has 150 valence electrons. The van der Waals surface area contributed by atoms with Crippen molar-refractivity contribution in [1.82, 2.24) is 14.2 Å². The lowest BCUT2D eigenvalue weighted by Gasteiger charge is -2.38. The number of rotatable bonds is 7. The van der Waals surface area contributed by atoms with E-state index in [2.05, 4.69) is 27.8 Å². The number of carbonyl (C=O) groups excluding carboxylic acids is 1. The quantitative estimate of drug-likeness (QED) is 0.480. The van der Waals surface area contributed by atoms with E-state index in [-0.39, 0.29) is 12.0 Å². The first-order valence-electron chi connectivity index (χ1n) is 8.78. The van der Waals surface area contributed by atoms with Gasteiger partial charge in [0, 0.05) is 36.8 Å². The highest BCUT2D eigenvalue weighted by atomic mass is 79.9. The smallest absolute Gasteiger partial charge is 0.250 e. The fourth-order valence-electron chi connectivity index (χ4n) is 3.48. The van der Waals surface area contributed by atoms with Crippen LogP contribution >= 0.6 is 15.9 Å². The SMILES string of the molecule is C=C/C(C(N)=O)=C(/N[C@@H]1CCN(S(C)(=O)=O)C[C@H]1CC)c1cc(Br)cn1C. The maximum atomic E-state index is 12.0. The molecule has 0 spiro atoms. The van der Waals surface area contributed by atoms with Crippen molar-refractivity contribution in [2.45, 2.75) is 25.8 Å². The third kappa shape index (κ3) is 5.03. The van der Waals surface area contributed by atoms with Crippen molar-refractivity contribution < 1.29 is 13.2 Å². The summed E-state index contributed by atoms with van der Waals surface area (Å²) < 4.78 is 28.1. The minimum absolute atomic E-state index is 0.0194. The Labute approximate surface area is 169 Å². The Bertz CT molecular complexity index is 860. The molecule has 0 unspecified atom stereocenters. The number of hydrogen-bond donors (Lipinski definition) is 2. The van der Waals surface area contributed by atoms with Crippen LogP contribution in [0.15, 0.2) is 35.0 Å². The van der Waals surface area contributed by atoms with Crippen LogP contribution in [0.5, 0.6) is 0 Å². The zero-order chi connectivity index (χ0) is 20.4. The molecule has 1 saturated heterocycles. The van der Waals surface area contributed by atoms with E-state index in [0.717, 1.165) is 16.6 Å². The number of sulfonamides is 1. The highest BCUT2D eigenvalue weighted by molar-refractivity contribution is 9.10. The van der Waals surface area contributed by atoms with Gasteiger partial charge in [-0.2, -0.15) is 0 Å². The number of halogens is 1. The van der Waals surface area contributed by atoms with E-state index in [0.29, 0.717) is 30.8 Å². The van der Waals surface area contributed by atoms with Gasteiger partial charge in [0.1, 0.15) is 0 Å². The number of hydrogen-bond acceptors (Lipinski definition) is 4. The van der Waals surface area contributed by atoms with E-state index in [1.54, 1.807) is 0 Å². The second-order valence-electron chi connectivity index (χ2n) is 6.84. The third-order valence-electron chi connectivity index (χ3n) is 4.99. The van der Waals surface area contributed by atoms with Crippen LogP contribution in [0, 0.1) is 5.92 Å². The maximum absolute atomic E-state index is 12.0. The number of aromatic nitrogens is 1. The number of amides is 1. The van der Waals surface area contributed by atoms with E-state index >= 15 is 0 Å². The average molecular weight is 459 g/mol. The largest absolute Gasteiger partial charge is 0.380 e. The molecule has 0 saturated carbocycles. The summed E-state index contributed by atoms with van der Waals surface area (Å²) in [6.07, 6.45) is 6.04. The van der Waals surface area contributed by atoms with Gasteiger partial charge in [0.2, 0.25) is 10.0 Å². The van der Waals surface area contributed by atoms with Crippen molar-refractivity contribution in [3.8, 4) is 0 Å². The molecule has 2 rings (SSSR count). The number of nitrogens with zero attached hydrogens (tertiary/aromatic N) is 2. The lowest BCUT2D eigenvalue weighted by Crippen LogP contribution is -2.50. The minimum atomic E-state index is -3.22. The van der Waals surface area contributed by atoms with Crippen molar-refractivity contribution in [2.24, 2.45) is 18.7 Å². The summed E-state index contributed by atoms with van der Waals surface area (Å²) in [7, 11) is -1.34. The molecular weight excluding hydrogens is 432 g/mol. The monoisotopic (exact) mass is 458 g/mol. The third-order valence-corrected chi connectivity index (χ3v) is 6.69.